The van der Waals surface area contributed by atoms with Crippen LogP contribution < -0.4 is 0 Å². The van der Waals surface area contributed by atoms with E-state index in [2.05, 4.69) is 66.7 Å². The van der Waals surface area contributed by atoms with E-state index >= 15 is 0 Å². The Bertz CT molecular complexity index is 1260. The van der Waals surface area contributed by atoms with Gasteiger partial charge < -0.3 is 4.74 Å². The van der Waals surface area contributed by atoms with Crippen LogP contribution in [0.4, 0.5) is 0 Å². The van der Waals surface area contributed by atoms with Crippen LogP contribution in [0.3, 0.4) is 0 Å². The molecule has 5 rings (SSSR count). The van der Waals surface area contributed by atoms with Crippen LogP contribution in [0.1, 0.15) is 71.7 Å². The number of carbonyl (C=O) groups is 1. The molecule has 1 heterocycles. The molecule has 35 heavy (non-hydrogen) atoms. The van der Waals surface area contributed by atoms with E-state index < -0.39 is 0 Å². The lowest BCUT2D eigenvalue weighted by Crippen LogP contribution is -2.08. The summed E-state index contributed by atoms with van der Waals surface area (Å²) >= 11 is 0. The molecule has 178 valence electrons. The van der Waals surface area contributed by atoms with E-state index in [0.717, 1.165) is 22.8 Å². The van der Waals surface area contributed by atoms with E-state index in [1.54, 1.807) is 0 Å². The Hall–Kier alpha value is -3.23. The summed E-state index contributed by atoms with van der Waals surface area (Å²) in [4.78, 5) is 13.1. The molecule has 4 aromatic carbocycles. The fraction of sp³-hybridized carbons (Fsp3) is 0.303. The van der Waals surface area contributed by atoms with Gasteiger partial charge in [0.1, 0.15) is 6.10 Å². The summed E-state index contributed by atoms with van der Waals surface area (Å²) in [5, 5.41) is 2.25. The van der Waals surface area contributed by atoms with Crippen LogP contribution >= 0.6 is 0 Å². The van der Waals surface area contributed by atoms with Crippen LogP contribution in [0.25, 0.3) is 10.8 Å². The largest absolute Gasteiger partial charge is 0.356 e. The Balaban J connectivity index is 1.08. The second-order valence-corrected chi connectivity index (χ2v) is 9.71. The quantitative estimate of drug-likeness (QED) is 0.120. The maximum atomic E-state index is 13.1. The third kappa shape index (κ3) is 6.07. The molecule has 1 aliphatic rings. The minimum absolute atomic E-state index is 0.0889. The zero-order valence-electron chi connectivity index (χ0n) is 20.4. The van der Waals surface area contributed by atoms with Crippen LogP contribution in [0.15, 0.2) is 97.1 Å². The molecule has 4 aromatic rings. The molecule has 2 heteroatoms. The van der Waals surface area contributed by atoms with Crippen molar-refractivity contribution >= 4 is 16.6 Å². The Kier molecular flexibility index (Phi) is 7.70. The minimum atomic E-state index is -0.359. The van der Waals surface area contributed by atoms with Crippen LogP contribution in [0, 0.1) is 0 Å². The van der Waals surface area contributed by atoms with Gasteiger partial charge in [-0.05, 0) is 59.2 Å². The molecule has 1 fully saturated rings. The number of rotatable bonds is 12. The van der Waals surface area contributed by atoms with Crippen LogP contribution in [-0.2, 0) is 17.6 Å². The number of ketones is 1. The summed E-state index contributed by atoms with van der Waals surface area (Å²) in [6, 6.07) is 33.4. The smallest absolute Gasteiger partial charge is 0.194 e. The van der Waals surface area contributed by atoms with Gasteiger partial charge in [-0.3, -0.25) is 4.79 Å². The summed E-state index contributed by atoms with van der Waals surface area (Å²) < 4.78 is 5.93. The summed E-state index contributed by atoms with van der Waals surface area (Å²) in [6.07, 6.45) is 9.40. The van der Waals surface area contributed by atoms with E-state index in [4.69, 9.17) is 4.74 Å². The first-order valence-corrected chi connectivity index (χ1v) is 13.1. The maximum absolute atomic E-state index is 13.1. The first kappa shape index (κ1) is 23.5. The summed E-state index contributed by atoms with van der Waals surface area (Å²) in [7, 11) is 0. The highest BCUT2D eigenvalue weighted by atomic mass is 16.6. The lowest BCUT2D eigenvalue weighted by Gasteiger charge is -2.08. The van der Waals surface area contributed by atoms with Gasteiger partial charge >= 0.3 is 0 Å². The van der Waals surface area contributed by atoms with E-state index in [1.165, 1.54) is 61.6 Å². The molecule has 0 spiro atoms. The first-order valence-electron chi connectivity index (χ1n) is 13.1. The molecular formula is C33H34O2. The van der Waals surface area contributed by atoms with Crippen molar-refractivity contribution in [3.05, 3.63) is 119 Å². The molecule has 0 radical (unpaired) electrons. The standard InChI is InChI=1S/C33H34O2/c34-31(29-23-22-26-17-10-11-20-28(26)24-29)33-32(35-33)30-21-13-12-19-27(30)18-9-4-2-1-3-6-14-25-15-7-5-8-16-25/h5,7-8,10-13,15-17,19-24,32-33H,1-4,6,9,14,18H2. The lowest BCUT2D eigenvalue weighted by molar-refractivity contribution is 0.0954. The SMILES string of the molecule is O=C(c1ccc2ccccc2c1)C1OC1c1ccccc1CCCCCCCCc1ccccc1. The van der Waals surface area contributed by atoms with E-state index in [9.17, 15) is 4.79 Å². The molecule has 2 unspecified atom stereocenters. The number of fused-ring (bicyclic) bond motifs is 1. The van der Waals surface area contributed by atoms with E-state index in [1.807, 2.05) is 30.3 Å². The highest BCUT2D eigenvalue weighted by molar-refractivity contribution is 6.04. The van der Waals surface area contributed by atoms with Crippen LogP contribution in [0.5, 0.6) is 0 Å². The number of hydrogen-bond acceptors (Lipinski definition) is 2. The van der Waals surface area contributed by atoms with Crippen molar-refractivity contribution in [2.75, 3.05) is 0 Å². The van der Waals surface area contributed by atoms with Gasteiger partial charge in [0.25, 0.3) is 0 Å². The Morgan fingerprint density at radius 2 is 1.29 bits per heavy atom. The van der Waals surface area contributed by atoms with Gasteiger partial charge in [-0.25, -0.2) is 0 Å². The lowest BCUT2D eigenvalue weighted by atomic mass is 9.95. The summed E-state index contributed by atoms with van der Waals surface area (Å²) in [5.74, 6) is 0.0889. The van der Waals surface area contributed by atoms with E-state index in [0.29, 0.717) is 0 Å². The number of epoxide rings is 1. The van der Waals surface area contributed by atoms with Crippen LogP contribution in [-0.4, -0.2) is 11.9 Å². The fourth-order valence-corrected chi connectivity index (χ4v) is 5.09. The number of benzene rings is 4. The predicted molar refractivity (Wildman–Crippen MR) is 144 cm³/mol. The molecule has 0 aliphatic carbocycles. The summed E-state index contributed by atoms with van der Waals surface area (Å²) in [6.45, 7) is 0. The minimum Gasteiger partial charge on any atom is -0.356 e. The van der Waals surface area contributed by atoms with Crippen molar-refractivity contribution in [1.82, 2.24) is 0 Å². The molecule has 0 bridgehead atoms. The second kappa shape index (κ2) is 11.5. The van der Waals surface area contributed by atoms with Crippen molar-refractivity contribution in [2.24, 2.45) is 0 Å². The molecule has 1 aliphatic heterocycles. The van der Waals surface area contributed by atoms with Gasteiger partial charge in [0.2, 0.25) is 0 Å². The number of ether oxygens (including phenoxy) is 1. The number of aryl methyl sites for hydroxylation is 2. The van der Waals surface area contributed by atoms with Crippen LogP contribution in [0.2, 0.25) is 0 Å². The number of unbranched alkanes of at least 4 members (excludes halogenated alkanes) is 5. The zero-order valence-corrected chi connectivity index (χ0v) is 20.4. The number of carbonyl (C=O) groups excluding carboxylic acids is 1. The van der Waals surface area contributed by atoms with Crippen molar-refractivity contribution in [2.45, 2.75) is 63.6 Å². The van der Waals surface area contributed by atoms with Crippen molar-refractivity contribution in [3.8, 4) is 0 Å². The molecule has 1 saturated heterocycles. The predicted octanol–water partition coefficient (Wildman–Crippen LogP) is 8.29. The number of hydrogen-bond donors (Lipinski definition) is 0. The highest BCUT2D eigenvalue weighted by Gasteiger charge is 2.46. The summed E-state index contributed by atoms with van der Waals surface area (Å²) in [5.41, 5.74) is 4.70. The maximum Gasteiger partial charge on any atom is 0.194 e. The van der Waals surface area contributed by atoms with Gasteiger partial charge in [-0.1, -0.05) is 117 Å². The second-order valence-electron chi connectivity index (χ2n) is 9.71. The first-order chi connectivity index (χ1) is 17.3. The monoisotopic (exact) mass is 462 g/mol. The average molecular weight is 463 g/mol. The van der Waals surface area contributed by atoms with Gasteiger partial charge in [0.15, 0.2) is 11.9 Å². The van der Waals surface area contributed by atoms with Gasteiger partial charge in [0.05, 0.1) is 0 Å². The highest BCUT2D eigenvalue weighted by Crippen LogP contribution is 2.42. The Morgan fingerprint density at radius 1 is 0.629 bits per heavy atom. The zero-order chi connectivity index (χ0) is 23.9. The molecule has 0 saturated carbocycles. The third-order valence-electron chi connectivity index (χ3n) is 7.15. The van der Waals surface area contributed by atoms with Gasteiger partial charge in [-0.15, -0.1) is 0 Å². The van der Waals surface area contributed by atoms with Gasteiger partial charge in [0, 0.05) is 5.56 Å². The van der Waals surface area contributed by atoms with Crippen molar-refractivity contribution < 1.29 is 9.53 Å². The molecular weight excluding hydrogens is 428 g/mol. The molecule has 2 atom stereocenters. The van der Waals surface area contributed by atoms with Crippen molar-refractivity contribution in [3.63, 3.8) is 0 Å². The molecule has 0 aromatic heterocycles. The van der Waals surface area contributed by atoms with Gasteiger partial charge in [-0.2, -0.15) is 0 Å². The van der Waals surface area contributed by atoms with E-state index in [-0.39, 0.29) is 18.0 Å². The average Bonchev–Trinajstić information content (AvgIpc) is 3.71. The Morgan fingerprint density at radius 3 is 2.11 bits per heavy atom. The molecule has 0 N–H and O–H groups in total. The third-order valence-corrected chi connectivity index (χ3v) is 7.15. The number of Topliss-reactive ketones (excluding diaryl/α,β-unsaturated/α-hetero) is 1. The molecule has 0 amide bonds. The topological polar surface area (TPSA) is 29.6 Å². The molecule has 2 nitrogen and oxygen atoms in total. The normalized spacial score (nSPS) is 16.9. The van der Waals surface area contributed by atoms with Crippen molar-refractivity contribution in [1.29, 1.82) is 0 Å². The Labute approximate surface area is 209 Å². The fourth-order valence-electron chi connectivity index (χ4n) is 5.09.